The smallest absolute Gasteiger partial charge is 0.0715 e. The molecule has 3 heteroatoms. The molecule has 0 atom stereocenters. The summed E-state index contributed by atoms with van der Waals surface area (Å²) in [5.74, 6) is 0. The summed E-state index contributed by atoms with van der Waals surface area (Å²) in [7, 11) is 0. The van der Waals surface area contributed by atoms with Gasteiger partial charge >= 0.3 is 0 Å². The van der Waals surface area contributed by atoms with Crippen LogP contribution >= 0.6 is 0 Å². The second-order valence-corrected chi connectivity index (χ2v) is 7.81. The van der Waals surface area contributed by atoms with Crippen LogP contribution in [0.4, 0.5) is 11.4 Å². The molecule has 154 valence electrons. The van der Waals surface area contributed by atoms with Crippen molar-refractivity contribution in [2.75, 3.05) is 11.5 Å². The van der Waals surface area contributed by atoms with E-state index in [4.69, 9.17) is 16.5 Å². The van der Waals surface area contributed by atoms with Gasteiger partial charge in [-0.2, -0.15) is 0 Å². The molecule has 0 radical (unpaired) electrons. The summed E-state index contributed by atoms with van der Waals surface area (Å²) >= 11 is 0. The summed E-state index contributed by atoms with van der Waals surface area (Å²) in [6.45, 7) is 0. The number of rotatable bonds is 4. The predicted molar refractivity (Wildman–Crippen MR) is 135 cm³/mol. The number of benzene rings is 4. The molecule has 0 amide bonds. The van der Waals surface area contributed by atoms with Crippen LogP contribution in [0.5, 0.6) is 0 Å². The molecule has 0 aliphatic heterocycles. The van der Waals surface area contributed by atoms with E-state index >= 15 is 0 Å². The molecule has 0 fully saturated rings. The van der Waals surface area contributed by atoms with Crippen LogP contribution in [0.25, 0.3) is 44.8 Å². The second-order valence-electron chi connectivity index (χ2n) is 7.81. The average molecular weight is 414 g/mol. The standard InChI is InChI=1S/C29H23N3/c30-26-14-10-23(11-15-26)28-18-25(19-29(32-28)24-12-16-27(31)17-13-24)22-8-6-21(7-9-22)20-4-2-1-3-5-20/h1-19H,30-31H2. The number of aromatic nitrogens is 1. The number of pyridine rings is 1. The highest BCUT2D eigenvalue weighted by molar-refractivity contribution is 5.78. The first-order valence-electron chi connectivity index (χ1n) is 10.6. The summed E-state index contributed by atoms with van der Waals surface area (Å²) < 4.78 is 0. The van der Waals surface area contributed by atoms with Crippen LogP contribution in [0.15, 0.2) is 115 Å². The first-order valence-corrected chi connectivity index (χ1v) is 10.6. The Morgan fingerprint density at radius 1 is 0.375 bits per heavy atom. The third-order valence-corrected chi connectivity index (χ3v) is 5.56. The van der Waals surface area contributed by atoms with Crippen molar-refractivity contribution in [3.63, 3.8) is 0 Å². The minimum Gasteiger partial charge on any atom is -0.399 e. The number of nitrogen functional groups attached to an aromatic ring is 2. The summed E-state index contributed by atoms with van der Waals surface area (Å²) in [6.07, 6.45) is 0. The third kappa shape index (κ3) is 4.09. The second kappa shape index (κ2) is 8.40. The largest absolute Gasteiger partial charge is 0.399 e. The highest BCUT2D eigenvalue weighted by atomic mass is 14.7. The van der Waals surface area contributed by atoms with Crippen LogP contribution in [0.1, 0.15) is 0 Å². The third-order valence-electron chi connectivity index (χ3n) is 5.56. The van der Waals surface area contributed by atoms with Gasteiger partial charge < -0.3 is 11.5 Å². The minimum absolute atomic E-state index is 0.736. The van der Waals surface area contributed by atoms with E-state index in [0.29, 0.717) is 0 Å². The Bertz CT molecular complexity index is 1280. The summed E-state index contributed by atoms with van der Waals surface area (Å²) in [6, 6.07) is 39.0. The zero-order chi connectivity index (χ0) is 21.9. The number of nitrogens with two attached hydrogens (primary N) is 2. The van der Waals surface area contributed by atoms with Gasteiger partial charge in [0.1, 0.15) is 0 Å². The lowest BCUT2D eigenvalue weighted by Crippen LogP contribution is -1.92. The molecule has 5 aromatic rings. The molecule has 0 saturated carbocycles. The zero-order valence-electron chi connectivity index (χ0n) is 17.6. The van der Waals surface area contributed by atoms with Crippen molar-refractivity contribution in [1.29, 1.82) is 0 Å². The van der Waals surface area contributed by atoms with E-state index in [0.717, 1.165) is 45.0 Å². The van der Waals surface area contributed by atoms with Crippen LogP contribution in [0.3, 0.4) is 0 Å². The van der Waals surface area contributed by atoms with Crippen molar-refractivity contribution in [2.45, 2.75) is 0 Å². The van der Waals surface area contributed by atoms with Gasteiger partial charge in [0.15, 0.2) is 0 Å². The van der Waals surface area contributed by atoms with Gasteiger partial charge in [0.25, 0.3) is 0 Å². The maximum absolute atomic E-state index is 5.89. The Balaban J connectivity index is 1.60. The van der Waals surface area contributed by atoms with Gasteiger partial charge in [-0.05, 0) is 58.7 Å². The summed E-state index contributed by atoms with van der Waals surface area (Å²) in [4.78, 5) is 4.94. The lowest BCUT2D eigenvalue weighted by molar-refractivity contribution is 1.32. The van der Waals surface area contributed by atoms with Gasteiger partial charge in [-0.15, -0.1) is 0 Å². The fourth-order valence-electron chi connectivity index (χ4n) is 3.79. The van der Waals surface area contributed by atoms with Gasteiger partial charge in [-0.1, -0.05) is 78.9 Å². The normalized spacial score (nSPS) is 10.8. The molecule has 0 aliphatic rings. The molecule has 4 aromatic carbocycles. The number of hydrogen-bond acceptors (Lipinski definition) is 3. The molecule has 0 bridgehead atoms. The number of anilines is 2. The van der Waals surface area contributed by atoms with Crippen LogP contribution < -0.4 is 11.5 Å². The number of hydrogen-bond donors (Lipinski definition) is 2. The van der Waals surface area contributed by atoms with E-state index in [-0.39, 0.29) is 0 Å². The van der Waals surface area contributed by atoms with E-state index in [1.54, 1.807) is 0 Å². The Hall–Kier alpha value is -4.37. The lowest BCUT2D eigenvalue weighted by Gasteiger charge is -2.11. The molecular weight excluding hydrogens is 390 g/mol. The van der Waals surface area contributed by atoms with Crippen molar-refractivity contribution >= 4 is 11.4 Å². The molecule has 5 rings (SSSR count). The van der Waals surface area contributed by atoms with Crippen molar-refractivity contribution in [1.82, 2.24) is 4.98 Å². The van der Waals surface area contributed by atoms with Crippen molar-refractivity contribution in [3.8, 4) is 44.8 Å². The van der Waals surface area contributed by atoms with Crippen LogP contribution in [0.2, 0.25) is 0 Å². The predicted octanol–water partition coefficient (Wildman–Crippen LogP) is 6.91. The van der Waals surface area contributed by atoms with Gasteiger partial charge in [0.05, 0.1) is 11.4 Å². The first kappa shape index (κ1) is 19.6. The first-order chi connectivity index (χ1) is 15.7. The van der Waals surface area contributed by atoms with Crippen LogP contribution in [0, 0.1) is 0 Å². The van der Waals surface area contributed by atoms with Crippen molar-refractivity contribution < 1.29 is 0 Å². The van der Waals surface area contributed by atoms with E-state index in [9.17, 15) is 0 Å². The molecule has 0 aliphatic carbocycles. The van der Waals surface area contributed by atoms with E-state index in [2.05, 4.69) is 60.7 Å². The van der Waals surface area contributed by atoms with E-state index in [1.165, 1.54) is 11.1 Å². The maximum atomic E-state index is 5.89. The Morgan fingerprint density at radius 2 is 0.750 bits per heavy atom. The summed E-state index contributed by atoms with van der Waals surface area (Å²) in [5, 5.41) is 0. The van der Waals surface area contributed by atoms with Crippen LogP contribution in [-0.2, 0) is 0 Å². The number of nitrogens with zero attached hydrogens (tertiary/aromatic N) is 1. The Kier molecular flexibility index (Phi) is 5.14. The molecule has 0 unspecified atom stereocenters. The van der Waals surface area contributed by atoms with E-state index in [1.807, 2.05) is 54.6 Å². The van der Waals surface area contributed by atoms with Crippen LogP contribution in [-0.4, -0.2) is 4.98 Å². The molecular formula is C29H23N3. The zero-order valence-corrected chi connectivity index (χ0v) is 17.6. The topological polar surface area (TPSA) is 64.9 Å². The molecule has 3 nitrogen and oxygen atoms in total. The fraction of sp³-hybridized carbons (Fsp3) is 0. The molecule has 1 heterocycles. The molecule has 4 N–H and O–H groups in total. The van der Waals surface area contributed by atoms with Gasteiger partial charge in [0.2, 0.25) is 0 Å². The highest BCUT2D eigenvalue weighted by Crippen LogP contribution is 2.32. The van der Waals surface area contributed by atoms with Crippen molar-refractivity contribution in [3.05, 3.63) is 115 Å². The summed E-state index contributed by atoms with van der Waals surface area (Å²) in [5.41, 5.74) is 21.8. The SMILES string of the molecule is Nc1ccc(-c2cc(-c3ccc(-c4ccccc4)cc3)cc(-c3ccc(N)cc3)n2)cc1. The average Bonchev–Trinajstić information content (AvgIpc) is 2.85. The van der Waals surface area contributed by atoms with E-state index < -0.39 is 0 Å². The fourth-order valence-corrected chi connectivity index (χ4v) is 3.79. The maximum Gasteiger partial charge on any atom is 0.0715 e. The molecule has 1 aromatic heterocycles. The monoisotopic (exact) mass is 413 g/mol. The highest BCUT2D eigenvalue weighted by Gasteiger charge is 2.09. The lowest BCUT2D eigenvalue weighted by atomic mass is 9.97. The molecule has 32 heavy (non-hydrogen) atoms. The quantitative estimate of drug-likeness (QED) is 0.315. The van der Waals surface area contributed by atoms with Gasteiger partial charge in [-0.25, -0.2) is 4.98 Å². The van der Waals surface area contributed by atoms with Crippen molar-refractivity contribution in [2.24, 2.45) is 0 Å². The molecule has 0 spiro atoms. The Morgan fingerprint density at radius 3 is 1.22 bits per heavy atom. The van der Waals surface area contributed by atoms with Gasteiger partial charge in [-0.3, -0.25) is 0 Å². The van der Waals surface area contributed by atoms with Gasteiger partial charge in [0, 0.05) is 22.5 Å². The Labute approximate surface area is 188 Å². The molecule has 0 saturated heterocycles. The minimum atomic E-state index is 0.736.